The normalized spacial score (nSPS) is 27.5. The average Bonchev–Trinajstić information content (AvgIpc) is 3.74. The summed E-state index contributed by atoms with van der Waals surface area (Å²) in [6, 6.07) is 2.09. The number of esters is 1. The summed E-state index contributed by atoms with van der Waals surface area (Å²) in [5.41, 5.74) is -8.71. The zero-order valence-electron chi connectivity index (χ0n) is 23.9. The van der Waals surface area contributed by atoms with E-state index in [4.69, 9.17) is 9.47 Å². The van der Waals surface area contributed by atoms with Gasteiger partial charge in [-0.1, -0.05) is 23.7 Å². The standard InChI is InChI=1S/C32H25NO12/c1-14(34)13-44-18-11-10-15-21(26(18)38)27(39)23-22(25(15)37)17(35)12-16-24(23)33-19-8-6-4-5-7-9-20(36)31(16)32(19,45-31)30(2,42)28(40)29(41)43-3/h4-5,10-12,19-20,28,33,35-36,38,40,42H,13H2,1-3H3/b5-4-/t19-,20+,28-,30+,31-,32+/m0/s1. The summed E-state index contributed by atoms with van der Waals surface area (Å²) in [6.45, 7) is 1.91. The van der Waals surface area contributed by atoms with Gasteiger partial charge in [-0.3, -0.25) is 14.4 Å². The Bertz CT molecular complexity index is 1900. The van der Waals surface area contributed by atoms with Crippen molar-refractivity contribution in [2.45, 2.75) is 48.9 Å². The molecule has 2 aromatic rings. The van der Waals surface area contributed by atoms with Gasteiger partial charge in [-0.15, -0.1) is 0 Å². The lowest BCUT2D eigenvalue weighted by molar-refractivity contribution is -0.174. The summed E-state index contributed by atoms with van der Waals surface area (Å²) >= 11 is 0. The molecule has 6 rings (SSSR count). The van der Waals surface area contributed by atoms with E-state index in [2.05, 4.69) is 33.7 Å². The van der Waals surface area contributed by atoms with Crippen LogP contribution in [0.4, 0.5) is 5.69 Å². The quantitative estimate of drug-likeness (QED) is 0.0921. The van der Waals surface area contributed by atoms with E-state index in [1.165, 1.54) is 31.2 Å². The molecule has 230 valence electrons. The van der Waals surface area contributed by atoms with Crippen LogP contribution in [0.1, 0.15) is 51.3 Å². The Hall–Kier alpha value is -5.18. The lowest BCUT2D eigenvalue weighted by Gasteiger charge is -2.43. The van der Waals surface area contributed by atoms with Crippen molar-refractivity contribution in [3.63, 3.8) is 0 Å². The Kier molecular flexibility index (Phi) is 6.58. The molecule has 2 aliphatic carbocycles. The number of benzene rings is 2. The van der Waals surface area contributed by atoms with Gasteiger partial charge >= 0.3 is 5.97 Å². The van der Waals surface area contributed by atoms with E-state index in [-0.39, 0.29) is 28.3 Å². The maximum atomic E-state index is 14.2. The number of methoxy groups -OCH3 is 1. The highest BCUT2D eigenvalue weighted by Crippen LogP contribution is 2.70. The molecular formula is C32H25NO12. The molecule has 6 N–H and O–H groups in total. The van der Waals surface area contributed by atoms with Gasteiger partial charge in [0.05, 0.1) is 29.5 Å². The molecule has 2 aliphatic heterocycles. The molecule has 2 aromatic carbocycles. The van der Waals surface area contributed by atoms with E-state index in [9.17, 15) is 44.7 Å². The molecule has 13 heteroatoms. The summed E-state index contributed by atoms with van der Waals surface area (Å²) in [4.78, 5) is 51.8. The van der Waals surface area contributed by atoms with Crippen molar-refractivity contribution >= 4 is 29.0 Å². The number of hydrogen-bond acceptors (Lipinski definition) is 13. The van der Waals surface area contributed by atoms with Crippen molar-refractivity contribution in [1.82, 2.24) is 0 Å². The van der Waals surface area contributed by atoms with Crippen LogP contribution in [0.25, 0.3) is 0 Å². The number of Topliss-reactive ketones (excluding diaryl/α,β-unsaturated/α-hetero) is 1. The number of rotatable bonds is 6. The second-order valence-corrected chi connectivity index (χ2v) is 11.1. The number of allylic oxidation sites excluding steroid dienone is 2. The van der Waals surface area contributed by atoms with Crippen molar-refractivity contribution in [3.8, 4) is 40.9 Å². The van der Waals surface area contributed by atoms with Gasteiger partial charge in [0.15, 0.2) is 46.5 Å². The van der Waals surface area contributed by atoms with Gasteiger partial charge in [0.25, 0.3) is 0 Å². The first kappa shape index (κ1) is 29.9. The summed E-state index contributed by atoms with van der Waals surface area (Å²) < 4.78 is 16.1. The first-order chi connectivity index (χ1) is 21.3. The summed E-state index contributed by atoms with van der Waals surface area (Å²) in [7, 11) is 0.992. The smallest absolute Gasteiger partial charge is 0.337 e. The number of carbonyl (C=O) groups excluding carboxylic acids is 4. The molecule has 1 saturated heterocycles. The number of ketones is 3. The zero-order chi connectivity index (χ0) is 32.6. The molecule has 2 bridgehead atoms. The minimum absolute atomic E-state index is 0.151. The van der Waals surface area contributed by atoms with Gasteiger partial charge < -0.3 is 45.1 Å². The number of epoxide rings is 1. The molecule has 4 aliphatic rings. The fraction of sp³-hybridized carbons (Fsp3) is 0.312. The number of aromatic hydroxyl groups is 2. The molecule has 6 atom stereocenters. The monoisotopic (exact) mass is 615 g/mol. The molecule has 45 heavy (non-hydrogen) atoms. The Morgan fingerprint density at radius 2 is 1.80 bits per heavy atom. The van der Waals surface area contributed by atoms with Gasteiger partial charge in [-0.05, 0) is 44.2 Å². The maximum absolute atomic E-state index is 14.2. The Morgan fingerprint density at radius 1 is 1.11 bits per heavy atom. The third kappa shape index (κ3) is 3.79. The number of phenols is 2. The first-order valence-corrected chi connectivity index (χ1v) is 13.5. The molecule has 0 aromatic heterocycles. The Labute approximate surface area is 255 Å². The zero-order valence-corrected chi connectivity index (χ0v) is 23.9. The predicted octanol–water partition coefficient (Wildman–Crippen LogP) is -0.178. The summed E-state index contributed by atoms with van der Waals surface area (Å²) in [5.74, 6) is 5.62. The van der Waals surface area contributed by atoms with E-state index < -0.39 is 87.4 Å². The highest BCUT2D eigenvalue weighted by molar-refractivity contribution is 6.32. The largest absolute Gasteiger partial charge is 0.507 e. The number of aliphatic hydroxyl groups excluding tert-OH is 2. The van der Waals surface area contributed by atoms with Crippen molar-refractivity contribution in [3.05, 3.63) is 58.2 Å². The van der Waals surface area contributed by atoms with E-state index in [1.54, 1.807) is 0 Å². The van der Waals surface area contributed by atoms with E-state index >= 15 is 0 Å². The van der Waals surface area contributed by atoms with Gasteiger partial charge in [-0.25, -0.2) is 4.79 Å². The van der Waals surface area contributed by atoms with Crippen LogP contribution in [-0.4, -0.2) is 92.0 Å². The second kappa shape index (κ2) is 9.92. The van der Waals surface area contributed by atoms with Crippen LogP contribution < -0.4 is 10.1 Å². The third-order valence-corrected chi connectivity index (χ3v) is 8.52. The number of carbonyl (C=O) groups is 4. The molecule has 1 fully saturated rings. The highest BCUT2D eigenvalue weighted by atomic mass is 16.7. The van der Waals surface area contributed by atoms with Crippen LogP contribution in [0.5, 0.6) is 17.2 Å². The molecule has 0 amide bonds. The molecule has 2 heterocycles. The minimum atomic E-state index is -2.55. The lowest BCUT2D eigenvalue weighted by Crippen LogP contribution is -2.66. The summed E-state index contributed by atoms with van der Waals surface area (Å²) in [5, 5.41) is 59.5. The van der Waals surface area contributed by atoms with Crippen molar-refractivity contribution < 1.29 is 58.9 Å². The molecule has 0 spiro atoms. The van der Waals surface area contributed by atoms with Crippen molar-refractivity contribution in [2.24, 2.45) is 0 Å². The molecule has 0 radical (unpaired) electrons. The summed E-state index contributed by atoms with van der Waals surface area (Å²) in [6.07, 6.45) is -1.37. The second-order valence-electron chi connectivity index (χ2n) is 11.1. The SMILES string of the molecule is COC(=O)[C@H](O)[C@@](C)(O)[C@@]12O[C@]13c1cc(O)c4c(c1N[C@H]2C#C/C=C\C#C[C@H]3O)C(=O)c1c(ccc(OCC(C)=O)c1O)C4=O. The number of hydrogen-bond donors (Lipinski definition) is 6. The van der Waals surface area contributed by atoms with Crippen molar-refractivity contribution in [1.29, 1.82) is 0 Å². The lowest BCUT2D eigenvalue weighted by atomic mass is 9.64. The van der Waals surface area contributed by atoms with Crippen LogP contribution in [-0.2, 0) is 24.7 Å². The van der Waals surface area contributed by atoms with E-state index in [1.807, 2.05) is 0 Å². The van der Waals surface area contributed by atoms with Crippen LogP contribution in [0, 0.1) is 23.7 Å². The van der Waals surface area contributed by atoms with Crippen LogP contribution in [0.3, 0.4) is 0 Å². The van der Waals surface area contributed by atoms with E-state index in [0.717, 1.165) is 20.1 Å². The highest BCUT2D eigenvalue weighted by Gasteiger charge is 2.87. The number of fused-ring (bicyclic) bond motifs is 4. The fourth-order valence-corrected chi connectivity index (χ4v) is 6.42. The van der Waals surface area contributed by atoms with Gasteiger partial charge in [0.2, 0.25) is 5.78 Å². The Balaban J connectivity index is 1.62. The van der Waals surface area contributed by atoms with Gasteiger partial charge in [0.1, 0.15) is 24.0 Å². The molecular weight excluding hydrogens is 590 g/mol. The number of anilines is 1. The van der Waals surface area contributed by atoms with Gasteiger partial charge in [0, 0.05) is 11.1 Å². The number of aliphatic hydroxyl groups is 3. The molecule has 0 unspecified atom stereocenters. The fourth-order valence-electron chi connectivity index (χ4n) is 6.42. The third-order valence-electron chi connectivity index (χ3n) is 8.52. The van der Waals surface area contributed by atoms with Crippen LogP contribution in [0.2, 0.25) is 0 Å². The number of phenolic OH excluding ortho intramolecular Hbond substituents is 2. The molecule has 0 saturated carbocycles. The van der Waals surface area contributed by atoms with Gasteiger partial charge in [-0.2, -0.15) is 0 Å². The Morgan fingerprint density at radius 3 is 2.47 bits per heavy atom. The average molecular weight is 616 g/mol. The number of nitrogens with one attached hydrogen (secondary N) is 1. The minimum Gasteiger partial charge on any atom is -0.507 e. The van der Waals surface area contributed by atoms with Crippen LogP contribution >= 0.6 is 0 Å². The topological polar surface area (TPSA) is 212 Å². The van der Waals surface area contributed by atoms with Crippen molar-refractivity contribution in [2.75, 3.05) is 19.0 Å². The molecule has 13 nitrogen and oxygen atoms in total. The maximum Gasteiger partial charge on any atom is 0.337 e. The van der Waals surface area contributed by atoms with E-state index in [0.29, 0.717) is 0 Å². The number of ether oxygens (including phenoxy) is 3. The van der Waals surface area contributed by atoms with Crippen LogP contribution in [0.15, 0.2) is 30.4 Å². The first-order valence-electron chi connectivity index (χ1n) is 13.5. The predicted molar refractivity (Wildman–Crippen MR) is 152 cm³/mol.